The molecule has 0 heterocycles. The number of hydrogen-bond donors (Lipinski definition) is 0. The highest BCUT2D eigenvalue weighted by atomic mass is 79.9. The van der Waals surface area contributed by atoms with E-state index in [1.807, 2.05) is 42.5 Å². The molecule has 4 heteroatoms. The first-order valence-corrected chi connectivity index (χ1v) is 8.39. The molecule has 0 amide bonds. The van der Waals surface area contributed by atoms with Crippen LogP contribution in [0, 0.1) is 0 Å². The van der Waals surface area contributed by atoms with E-state index in [0.29, 0.717) is 0 Å². The monoisotopic (exact) mass is 398 g/mol. The molecule has 0 fully saturated rings. The first-order chi connectivity index (χ1) is 9.72. The van der Waals surface area contributed by atoms with Gasteiger partial charge in [-0.15, -0.1) is 0 Å². The summed E-state index contributed by atoms with van der Waals surface area (Å²) >= 11 is 6.97. The van der Waals surface area contributed by atoms with Crippen molar-refractivity contribution in [2.75, 3.05) is 6.61 Å². The summed E-state index contributed by atoms with van der Waals surface area (Å²) in [5, 5.41) is 0.817. The Bertz CT molecular complexity index is 553. The van der Waals surface area contributed by atoms with Crippen LogP contribution in [-0.2, 0) is 5.33 Å². The molecule has 0 aliphatic carbocycles. The van der Waals surface area contributed by atoms with Gasteiger partial charge in [-0.2, -0.15) is 0 Å². The Balaban J connectivity index is 2.04. The summed E-state index contributed by atoms with van der Waals surface area (Å²) in [6.07, 6.45) is 1.01. The highest BCUT2D eigenvalue weighted by molar-refractivity contribution is 9.10. The van der Waals surface area contributed by atoms with Crippen molar-refractivity contribution in [3.63, 3.8) is 0 Å². The smallest absolute Gasteiger partial charge is 0.128 e. The Morgan fingerprint density at radius 1 is 0.950 bits per heavy atom. The lowest BCUT2D eigenvalue weighted by Crippen LogP contribution is -1.94. The molecule has 0 spiro atoms. The normalized spacial score (nSPS) is 10.3. The third-order valence-corrected chi connectivity index (χ3v) is 4.04. The predicted molar refractivity (Wildman–Crippen MR) is 89.1 cm³/mol. The van der Waals surface area contributed by atoms with Crippen molar-refractivity contribution in [2.45, 2.75) is 18.7 Å². The van der Waals surface area contributed by atoms with Crippen molar-refractivity contribution in [1.29, 1.82) is 0 Å². The molecule has 0 aliphatic rings. The second kappa shape index (κ2) is 7.70. The van der Waals surface area contributed by atoms with Crippen LogP contribution in [-0.4, -0.2) is 6.61 Å². The van der Waals surface area contributed by atoms with Crippen LogP contribution in [0.3, 0.4) is 0 Å². The number of ether oxygens (including phenoxy) is 2. The highest BCUT2D eigenvalue weighted by Crippen LogP contribution is 2.29. The molecule has 2 rings (SSSR count). The zero-order chi connectivity index (χ0) is 14.4. The Labute approximate surface area is 136 Å². The van der Waals surface area contributed by atoms with Gasteiger partial charge in [-0.1, -0.05) is 44.8 Å². The SMILES string of the molecule is CCCOc1ccc(Oc2ccc(CBr)c(Br)c2)cc1. The molecule has 2 aromatic carbocycles. The van der Waals surface area contributed by atoms with Crippen molar-refractivity contribution in [2.24, 2.45) is 0 Å². The molecule has 0 bridgehead atoms. The first-order valence-electron chi connectivity index (χ1n) is 6.48. The van der Waals surface area contributed by atoms with Crippen LogP contribution in [0.25, 0.3) is 0 Å². The molecular weight excluding hydrogens is 384 g/mol. The summed E-state index contributed by atoms with van der Waals surface area (Å²) in [6, 6.07) is 13.6. The second-order valence-electron chi connectivity index (χ2n) is 4.31. The molecule has 20 heavy (non-hydrogen) atoms. The molecule has 0 radical (unpaired) electrons. The van der Waals surface area contributed by atoms with E-state index in [9.17, 15) is 0 Å². The van der Waals surface area contributed by atoms with Crippen molar-refractivity contribution in [3.05, 3.63) is 52.5 Å². The third kappa shape index (κ3) is 4.25. The highest BCUT2D eigenvalue weighted by Gasteiger charge is 2.03. The zero-order valence-electron chi connectivity index (χ0n) is 11.2. The van der Waals surface area contributed by atoms with E-state index in [1.165, 1.54) is 5.56 Å². The molecule has 0 aliphatic heterocycles. The lowest BCUT2D eigenvalue weighted by atomic mass is 10.2. The van der Waals surface area contributed by atoms with Crippen LogP contribution in [0.4, 0.5) is 0 Å². The number of rotatable bonds is 6. The van der Waals surface area contributed by atoms with Gasteiger partial charge in [0, 0.05) is 9.80 Å². The predicted octanol–water partition coefficient (Wildman–Crippen LogP) is 5.93. The summed E-state index contributed by atoms with van der Waals surface area (Å²) in [5.41, 5.74) is 1.20. The van der Waals surface area contributed by atoms with Gasteiger partial charge in [0.1, 0.15) is 17.2 Å². The fourth-order valence-electron chi connectivity index (χ4n) is 1.66. The zero-order valence-corrected chi connectivity index (χ0v) is 14.4. The molecule has 0 unspecified atom stereocenters. The van der Waals surface area contributed by atoms with Crippen LogP contribution in [0.1, 0.15) is 18.9 Å². The van der Waals surface area contributed by atoms with Crippen LogP contribution >= 0.6 is 31.9 Å². The lowest BCUT2D eigenvalue weighted by molar-refractivity contribution is 0.317. The minimum Gasteiger partial charge on any atom is -0.494 e. The largest absolute Gasteiger partial charge is 0.494 e. The maximum Gasteiger partial charge on any atom is 0.128 e. The molecular formula is C16H16Br2O2. The topological polar surface area (TPSA) is 18.5 Å². The van der Waals surface area contributed by atoms with Gasteiger partial charge in [0.15, 0.2) is 0 Å². The van der Waals surface area contributed by atoms with E-state index >= 15 is 0 Å². The Morgan fingerprint density at radius 2 is 1.60 bits per heavy atom. The average molecular weight is 400 g/mol. The summed E-state index contributed by atoms with van der Waals surface area (Å²) in [4.78, 5) is 0. The van der Waals surface area contributed by atoms with Crippen LogP contribution in [0.5, 0.6) is 17.2 Å². The van der Waals surface area contributed by atoms with E-state index in [4.69, 9.17) is 9.47 Å². The fraction of sp³-hybridized carbons (Fsp3) is 0.250. The Hall–Kier alpha value is -1.000. The maximum atomic E-state index is 5.82. The van der Waals surface area contributed by atoms with Crippen molar-refractivity contribution in [3.8, 4) is 17.2 Å². The summed E-state index contributed by atoms with van der Waals surface area (Å²) in [7, 11) is 0. The van der Waals surface area contributed by atoms with Gasteiger partial charge < -0.3 is 9.47 Å². The van der Waals surface area contributed by atoms with Gasteiger partial charge in [0.25, 0.3) is 0 Å². The van der Waals surface area contributed by atoms with Gasteiger partial charge in [0.2, 0.25) is 0 Å². The summed E-state index contributed by atoms with van der Waals surface area (Å²) in [5.74, 6) is 2.48. The lowest BCUT2D eigenvalue weighted by Gasteiger charge is -2.09. The van der Waals surface area contributed by atoms with Gasteiger partial charge in [-0.25, -0.2) is 0 Å². The Morgan fingerprint density at radius 3 is 2.20 bits per heavy atom. The van der Waals surface area contributed by atoms with Crippen molar-refractivity contribution < 1.29 is 9.47 Å². The molecule has 0 aromatic heterocycles. The molecule has 106 valence electrons. The quantitative estimate of drug-likeness (QED) is 0.560. The van der Waals surface area contributed by atoms with Crippen LogP contribution < -0.4 is 9.47 Å². The maximum absolute atomic E-state index is 5.82. The minimum absolute atomic E-state index is 0.737. The number of halogens is 2. The van der Waals surface area contributed by atoms with E-state index in [-0.39, 0.29) is 0 Å². The third-order valence-electron chi connectivity index (χ3n) is 2.70. The second-order valence-corrected chi connectivity index (χ2v) is 5.72. The molecule has 2 aromatic rings. The molecule has 0 atom stereocenters. The standard InChI is InChI=1S/C16H16Br2O2/c1-2-9-19-13-5-7-14(8-6-13)20-15-4-3-12(11-17)16(18)10-15/h3-8,10H,2,9,11H2,1H3. The van der Waals surface area contributed by atoms with Crippen molar-refractivity contribution in [1.82, 2.24) is 0 Å². The van der Waals surface area contributed by atoms with Gasteiger partial charge in [-0.3, -0.25) is 0 Å². The molecule has 0 saturated carbocycles. The van der Waals surface area contributed by atoms with Crippen LogP contribution in [0.2, 0.25) is 0 Å². The molecule has 0 saturated heterocycles. The summed E-state index contributed by atoms with van der Waals surface area (Å²) in [6.45, 7) is 2.83. The fourth-order valence-corrected chi connectivity index (χ4v) is 3.02. The number of hydrogen-bond acceptors (Lipinski definition) is 2. The van der Waals surface area contributed by atoms with Crippen LogP contribution in [0.15, 0.2) is 46.9 Å². The summed E-state index contributed by atoms with van der Waals surface area (Å²) < 4.78 is 12.4. The minimum atomic E-state index is 0.737. The van der Waals surface area contributed by atoms with E-state index in [1.54, 1.807) is 0 Å². The number of alkyl halides is 1. The van der Waals surface area contributed by atoms with E-state index in [0.717, 1.165) is 40.1 Å². The van der Waals surface area contributed by atoms with Crippen molar-refractivity contribution >= 4 is 31.9 Å². The molecule has 2 nitrogen and oxygen atoms in total. The number of benzene rings is 2. The van der Waals surface area contributed by atoms with Gasteiger partial charge >= 0.3 is 0 Å². The van der Waals surface area contributed by atoms with Gasteiger partial charge in [0.05, 0.1) is 6.61 Å². The molecule has 0 N–H and O–H groups in total. The Kier molecular flexibility index (Phi) is 5.92. The average Bonchev–Trinajstić information content (AvgIpc) is 2.47. The van der Waals surface area contributed by atoms with E-state index < -0.39 is 0 Å². The van der Waals surface area contributed by atoms with Gasteiger partial charge in [-0.05, 0) is 48.4 Å². The van der Waals surface area contributed by atoms with E-state index in [2.05, 4.69) is 38.8 Å². The first kappa shape index (κ1) is 15.4.